The third-order valence-electron chi connectivity index (χ3n) is 0.436. The van der Waals surface area contributed by atoms with Crippen LogP contribution in [0.1, 0.15) is 0 Å². The molecule has 0 atom stereocenters. The van der Waals surface area contributed by atoms with Crippen molar-refractivity contribution in [1.82, 2.24) is 0 Å². The molecule has 8 nitrogen and oxygen atoms in total. The van der Waals surface area contributed by atoms with E-state index in [9.17, 15) is 0 Å². The van der Waals surface area contributed by atoms with Crippen LogP contribution in [0, 0.1) is 0 Å². The molecule has 0 spiro atoms. The van der Waals surface area contributed by atoms with Gasteiger partial charge in [0.05, 0.1) is 47.4 Å². The van der Waals surface area contributed by atoms with Crippen LogP contribution in [0.5, 0.6) is 0 Å². The van der Waals surface area contributed by atoms with Gasteiger partial charge in [-0.05, 0) is 0 Å². The third-order valence-corrected chi connectivity index (χ3v) is 1.31. The molecule has 138 valence electrons. The van der Waals surface area contributed by atoms with Gasteiger partial charge in [-0.3, -0.25) is 0 Å². The first-order valence-electron chi connectivity index (χ1n) is 4.12. The zero-order chi connectivity index (χ0) is 17.1. The molecule has 0 aliphatic heterocycles. The first kappa shape index (κ1) is 37.9. The Morgan fingerprint density at radius 2 is 0.545 bits per heavy atom. The quantitative estimate of drug-likeness (QED) is 0.278. The normalized spacial score (nSPS) is 6.73. The maximum absolute atomic E-state index is 9.12. The Balaban J connectivity index is -0.0000000376. The second-order valence-corrected chi connectivity index (χ2v) is 3.09. The van der Waals surface area contributed by atoms with Gasteiger partial charge in [-0.25, -0.2) is 0 Å². The molecule has 22 heavy (non-hydrogen) atoms. The van der Waals surface area contributed by atoms with Gasteiger partial charge in [0.2, 0.25) is 0 Å². The van der Waals surface area contributed by atoms with E-state index in [2.05, 4.69) is 46.4 Å². The molecule has 0 fully saturated rings. The van der Waals surface area contributed by atoms with Gasteiger partial charge in [0, 0.05) is 0 Å². The second-order valence-electron chi connectivity index (χ2n) is 2.02. The van der Waals surface area contributed by atoms with E-state index in [1.54, 1.807) is 0 Å². The molecule has 0 saturated heterocycles. The summed E-state index contributed by atoms with van der Waals surface area (Å²) >= 11 is 18.7. The predicted octanol–water partition coefficient (Wildman–Crippen LogP) is -4.10. The molecular weight excluding hydrogens is 493 g/mol. The molecule has 0 amide bonds. The van der Waals surface area contributed by atoms with Gasteiger partial charge >= 0.3 is 34.1 Å². The van der Waals surface area contributed by atoms with Crippen LogP contribution in [0.25, 0.3) is 0 Å². The first-order chi connectivity index (χ1) is 9.08. The third kappa shape index (κ3) is 112. The second kappa shape index (κ2) is 32.9. The van der Waals surface area contributed by atoms with Crippen molar-refractivity contribution in [1.29, 1.82) is 0 Å². The molecular formula is C8H8Cl4Cu2O8. The van der Waals surface area contributed by atoms with Crippen LogP contribution in [0.3, 0.4) is 0 Å². The van der Waals surface area contributed by atoms with Crippen molar-refractivity contribution in [2.45, 2.75) is 0 Å². The summed E-state index contributed by atoms with van der Waals surface area (Å²) in [7, 11) is 0. The minimum atomic E-state index is -1.23. The molecule has 0 heterocycles. The minimum Gasteiger partial charge on any atom is -0.549 e. The fourth-order valence-electron chi connectivity index (χ4n) is 0. The van der Waals surface area contributed by atoms with Crippen LogP contribution >= 0.6 is 46.4 Å². The summed E-state index contributed by atoms with van der Waals surface area (Å²) in [5.41, 5.74) is 0. The van der Waals surface area contributed by atoms with Crippen molar-refractivity contribution in [3.05, 3.63) is 0 Å². The topological polar surface area (TPSA) is 161 Å². The SMILES string of the molecule is O=C([O-])CCl.O=C([O-])CCl.O=C([O-])CCl.O=C([O-])CCl.[Cu+2].[Cu+2]. The van der Waals surface area contributed by atoms with E-state index in [1.165, 1.54) is 0 Å². The van der Waals surface area contributed by atoms with Crippen LogP contribution in [-0.4, -0.2) is 47.4 Å². The summed E-state index contributed by atoms with van der Waals surface area (Å²) in [5.74, 6) is -6.59. The number of aliphatic carboxylic acids is 4. The minimum absolute atomic E-state index is 0. The van der Waals surface area contributed by atoms with Crippen molar-refractivity contribution >= 4 is 70.3 Å². The molecule has 0 aliphatic rings. The van der Waals surface area contributed by atoms with Gasteiger partial charge in [-0.15, -0.1) is 46.4 Å². The molecule has 0 aromatic rings. The molecule has 0 aliphatic carbocycles. The fraction of sp³-hybridized carbons (Fsp3) is 0.500. The fourth-order valence-corrected chi connectivity index (χ4v) is 0. The summed E-state index contributed by atoms with van der Waals surface area (Å²) in [5, 5.41) is 36.5. The summed E-state index contributed by atoms with van der Waals surface area (Å²) in [6.45, 7) is 0. The Labute approximate surface area is 167 Å². The zero-order valence-corrected chi connectivity index (χ0v) is 15.1. The number of halogens is 4. The molecule has 14 heteroatoms. The van der Waals surface area contributed by atoms with Crippen LogP contribution in [-0.2, 0) is 53.3 Å². The van der Waals surface area contributed by atoms with Crippen LogP contribution < -0.4 is 20.4 Å². The van der Waals surface area contributed by atoms with E-state index in [0.29, 0.717) is 0 Å². The molecule has 0 saturated carbocycles. The van der Waals surface area contributed by atoms with E-state index < -0.39 is 47.4 Å². The smallest absolute Gasteiger partial charge is 0.549 e. The van der Waals surface area contributed by atoms with Gasteiger partial charge in [0.15, 0.2) is 0 Å². The van der Waals surface area contributed by atoms with Crippen molar-refractivity contribution in [3.8, 4) is 0 Å². The predicted molar refractivity (Wildman–Crippen MR) is 62.9 cm³/mol. The largest absolute Gasteiger partial charge is 2.00 e. The van der Waals surface area contributed by atoms with Crippen LogP contribution in [0.4, 0.5) is 0 Å². The van der Waals surface area contributed by atoms with Crippen LogP contribution in [0.15, 0.2) is 0 Å². The number of alkyl halides is 4. The van der Waals surface area contributed by atoms with E-state index >= 15 is 0 Å². The van der Waals surface area contributed by atoms with E-state index in [1.807, 2.05) is 0 Å². The number of hydrogen-bond acceptors (Lipinski definition) is 8. The van der Waals surface area contributed by atoms with Gasteiger partial charge < -0.3 is 39.6 Å². The molecule has 0 aromatic heterocycles. The first-order valence-corrected chi connectivity index (χ1v) is 6.25. The summed E-state index contributed by atoms with van der Waals surface area (Å²) in [6, 6.07) is 0. The molecule has 0 unspecified atom stereocenters. The number of carboxylic acids is 4. The Kier molecular flexibility index (Phi) is 56.7. The van der Waals surface area contributed by atoms with Crippen molar-refractivity contribution in [3.63, 3.8) is 0 Å². The molecule has 0 rings (SSSR count). The number of carbonyl (C=O) groups excluding carboxylic acids is 4. The zero-order valence-electron chi connectivity index (χ0n) is 10.2. The van der Waals surface area contributed by atoms with Crippen molar-refractivity contribution < 1.29 is 73.7 Å². The van der Waals surface area contributed by atoms with Crippen molar-refractivity contribution in [2.75, 3.05) is 23.5 Å². The van der Waals surface area contributed by atoms with Gasteiger partial charge in [0.1, 0.15) is 0 Å². The molecule has 0 bridgehead atoms. The average Bonchev–Trinajstić information content (AvgIpc) is 2.40. The maximum Gasteiger partial charge on any atom is 2.00 e. The Morgan fingerprint density at radius 1 is 0.500 bits per heavy atom. The molecule has 0 aromatic carbocycles. The maximum atomic E-state index is 9.12. The standard InChI is InChI=1S/4C2H3ClO2.2Cu/c4*3-1-2(4)5;;/h4*1H2,(H,4,5);;/q;;;;2*+2/p-4. The number of rotatable bonds is 4. The number of carboxylic acid groups (broad SMARTS) is 4. The van der Waals surface area contributed by atoms with E-state index in [-0.39, 0.29) is 34.1 Å². The van der Waals surface area contributed by atoms with Crippen molar-refractivity contribution in [2.24, 2.45) is 0 Å². The molecule has 0 N–H and O–H groups in total. The van der Waals surface area contributed by atoms with Crippen LogP contribution in [0.2, 0.25) is 0 Å². The monoisotopic (exact) mass is 498 g/mol. The van der Waals surface area contributed by atoms with Gasteiger partial charge in [-0.1, -0.05) is 0 Å². The van der Waals surface area contributed by atoms with Gasteiger partial charge in [0.25, 0.3) is 0 Å². The Bertz CT molecular complexity index is 237. The number of carbonyl (C=O) groups is 4. The average molecular weight is 501 g/mol. The Hall–Kier alpha value is 0.0790. The van der Waals surface area contributed by atoms with E-state index in [0.717, 1.165) is 0 Å². The summed E-state index contributed by atoms with van der Waals surface area (Å²) in [6.07, 6.45) is 0. The van der Waals surface area contributed by atoms with E-state index in [4.69, 9.17) is 39.6 Å². The summed E-state index contributed by atoms with van der Waals surface area (Å²) in [4.78, 5) is 36.5. The molecule has 2 radical (unpaired) electrons. The summed E-state index contributed by atoms with van der Waals surface area (Å²) < 4.78 is 0. The Morgan fingerprint density at radius 3 is 0.545 bits per heavy atom. The number of hydrogen-bond donors (Lipinski definition) is 0. The van der Waals surface area contributed by atoms with Gasteiger partial charge in [-0.2, -0.15) is 0 Å².